The molecule has 0 spiro atoms. The number of rotatable bonds is 1. The van der Waals surface area contributed by atoms with E-state index in [1.807, 2.05) is 13.8 Å². The van der Waals surface area contributed by atoms with Crippen LogP contribution in [0, 0.1) is 41.4 Å². The maximum atomic E-state index is 2.22. The first-order valence-corrected chi connectivity index (χ1v) is 6.75. The van der Waals surface area contributed by atoms with Gasteiger partial charge in [-0.3, -0.25) is 0 Å². The van der Waals surface area contributed by atoms with Crippen LogP contribution in [0.3, 0.4) is 0 Å². The van der Waals surface area contributed by atoms with E-state index in [1.165, 1.54) is 41.9 Å². The van der Waals surface area contributed by atoms with Crippen molar-refractivity contribution >= 4 is 0 Å². The summed E-state index contributed by atoms with van der Waals surface area (Å²) in [6.07, 6.45) is 2.96. The van der Waals surface area contributed by atoms with Gasteiger partial charge >= 0.3 is 0 Å². The Kier molecular flexibility index (Phi) is 2.66. The van der Waals surface area contributed by atoms with Gasteiger partial charge in [0, 0.05) is 0 Å². The van der Waals surface area contributed by atoms with Crippen LogP contribution in [0.25, 0.3) is 0 Å². The molecule has 0 amide bonds. The molecule has 0 radical (unpaired) electrons. The van der Waals surface area contributed by atoms with E-state index in [1.54, 1.807) is 6.42 Å². The molecular weight excluding hydrogens is 168 g/mol. The molecule has 0 aromatic carbocycles. The molecule has 0 aromatic rings. The molecular formula is C14H26. The van der Waals surface area contributed by atoms with Crippen molar-refractivity contribution < 1.29 is 0 Å². The van der Waals surface area contributed by atoms with Gasteiger partial charge in [-0.15, -0.1) is 0 Å². The summed E-state index contributed by atoms with van der Waals surface area (Å²) in [7, 11) is 0. The van der Waals surface area contributed by atoms with E-state index in [-0.39, 0.29) is 0 Å². The Morgan fingerprint density at radius 2 is 1.21 bits per heavy atom. The lowest BCUT2D eigenvalue weighted by Crippen LogP contribution is -2.00. The van der Waals surface area contributed by atoms with Gasteiger partial charge in [0.2, 0.25) is 0 Å². The molecule has 0 N–H and O–H groups in total. The highest BCUT2D eigenvalue weighted by Gasteiger charge is 2.87. The molecule has 0 heterocycles. The topological polar surface area (TPSA) is 0 Å². The average Bonchev–Trinajstić information content (AvgIpc) is 2.85. The minimum absolute atomic E-state index is 0.884. The van der Waals surface area contributed by atoms with E-state index in [4.69, 9.17) is 0 Å². The summed E-state index contributed by atoms with van der Waals surface area (Å²) in [4.78, 5) is 0. The van der Waals surface area contributed by atoms with Crippen molar-refractivity contribution in [2.75, 3.05) is 0 Å². The Morgan fingerprint density at radius 1 is 0.929 bits per heavy atom. The zero-order chi connectivity index (χ0) is 10.5. The lowest BCUT2D eigenvalue weighted by molar-refractivity contribution is 0.434. The molecule has 0 saturated heterocycles. The van der Waals surface area contributed by atoms with Gasteiger partial charge in [-0.05, 0) is 47.8 Å². The van der Waals surface area contributed by atoms with Crippen molar-refractivity contribution in [1.82, 2.24) is 0 Å². The Bertz CT molecular complexity index is 145. The van der Waals surface area contributed by atoms with Crippen LogP contribution in [0.5, 0.6) is 0 Å². The summed E-state index contributed by atoms with van der Waals surface area (Å²) in [5, 5.41) is 0. The summed E-state index contributed by atoms with van der Waals surface area (Å²) in [5.41, 5.74) is 0. The highest BCUT2D eigenvalue weighted by atomic mass is 14.9. The Hall–Kier alpha value is 0. The second-order valence-electron chi connectivity index (χ2n) is 5.67. The van der Waals surface area contributed by atoms with Crippen LogP contribution in [0.2, 0.25) is 0 Å². The minimum Gasteiger partial charge on any atom is -0.0683 e. The summed E-state index contributed by atoms with van der Waals surface area (Å²) in [5.74, 6) is 8.73. The van der Waals surface area contributed by atoms with Crippen molar-refractivity contribution in [3.05, 3.63) is 0 Å². The van der Waals surface area contributed by atoms with Crippen LogP contribution < -0.4 is 0 Å². The van der Waals surface area contributed by atoms with Gasteiger partial charge in [0.1, 0.15) is 0 Å². The van der Waals surface area contributed by atoms with Gasteiger partial charge < -0.3 is 0 Å². The second-order valence-corrected chi connectivity index (χ2v) is 5.67. The fourth-order valence-electron chi connectivity index (χ4n) is 3.82. The molecule has 5 fully saturated rings. The first kappa shape index (κ1) is 10.5. The summed E-state index contributed by atoms with van der Waals surface area (Å²) in [6, 6.07) is 0. The third kappa shape index (κ3) is 1.26. The SMILES string of the molecule is C1C2C3C2C2C1C32.CC.CCC(C)C. The Morgan fingerprint density at radius 3 is 1.29 bits per heavy atom. The third-order valence-electron chi connectivity index (χ3n) is 4.83. The summed E-state index contributed by atoms with van der Waals surface area (Å²) >= 11 is 0. The quantitative estimate of drug-likeness (QED) is 0.586. The Labute approximate surface area is 89.5 Å². The van der Waals surface area contributed by atoms with E-state index < -0.39 is 0 Å². The fraction of sp³-hybridized carbons (Fsp3) is 1.00. The van der Waals surface area contributed by atoms with Crippen molar-refractivity contribution in [3.8, 4) is 0 Å². The zero-order valence-electron chi connectivity index (χ0n) is 10.5. The lowest BCUT2D eigenvalue weighted by atomic mass is 10.0. The molecule has 0 aliphatic heterocycles. The molecule has 82 valence electrons. The van der Waals surface area contributed by atoms with E-state index in [0.717, 1.165) is 5.92 Å². The van der Waals surface area contributed by atoms with Crippen molar-refractivity contribution in [2.45, 2.75) is 47.5 Å². The van der Waals surface area contributed by atoms with Crippen molar-refractivity contribution in [3.63, 3.8) is 0 Å². The first-order chi connectivity index (χ1) is 6.75. The lowest BCUT2D eigenvalue weighted by Gasteiger charge is -2.03. The van der Waals surface area contributed by atoms with Crippen molar-refractivity contribution in [2.24, 2.45) is 41.4 Å². The van der Waals surface area contributed by atoms with Gasteiger partial charge in [-0.25, -0.2) is 0 Å². The zero-order valence-corrected chi connectivity index (χ0v) is 10.5. The van der Waals surface area contributed by atoms with E-state index in [2.05, 4.69) is 20.8 Å². The van der Waals surface area contributed by atoms with Crippen LogP contribution in [0.15, 0.2) is 0 Å². The Balaban J connectivity index is 0.0000000978. The molecule has 5 aliphatic carbocycles. The van der Waals surface area contributed by atoms with E-state index in [0.29, 0.717) is 0 Å². The van der Waals surface area contributed by atoms with Crippen LogP contribution >= 0.6 is 0 Å². The maximum Gasteiger partial charge on any atom is -0.0315 e. The smallest absolute Gasteiger partial charge is 0.0315 e. The highest BCUT2D eigenvalue weighted by molar-refractivity contribution is 5.34. The average molecular weight is 194 g/mol. The van der Waals surface area contributed by atoms with Crippen LogP contribution in [-0.2, 0) is 0 Å². The first-order valence-electron chi connectivity index (χ1n) is 6.75. The van der Waals surface area contributed by atoms with Crippen molar-refractivity contribution in [1.29, 1.82) is 0 Å². The molecule has 0 unspecified atom stereocenters. The van der Waals surface area contributed by atoms with Crippen LogP contribution in [0.4, 0.5) is 0 Å². The van der Waals surface area contributed by atoms with Crippen LogP contribution in [0.1, 0.15) is 47.5 Å². The number of hydrogen-bond acceptors (Lipinski definition) is 0. The van der Waals surface area contributed by atoms with Gasteiger partial charge in [-0.1, -0.05) is 41.0 Å². The molecule has 2 bridgehead atoms. The summed E-state index contributed by atoms with van der Waals surface area (Å²) in [6.45, 7) is 10.6. The predicted molar refractivity (Wildman–Crippen MR) is 62.0 cm³/mol. The highest BCUT2D eigenvalue weighted by Crippen LogP contribution is 2.92. The molecule has 0 nitrogen and oxygen atoms in total. The second kappa shape index (κ2) is 3.54. The normalized spacial score (nSPS) is 51.9. The van der Waals surface area contributed by atoms with Gasteiger partial charge in [0.15, 0.2) is 0 Å². The third-order valence-corrected chi connectivity index (χ3v) is 4.83. The molecule has 5 rings (SSSR count). The molecule has 0 aromatic heterocycles. The molecule has 0 heteroatoms. The largest absolute Gasteiger partial charge is 0.0683 e. The standard InChI is InChI=1S/C7H8.C5H12.C2H6/c1-2-4-5(2)7-3(1)6(4)7;1-4-5(2)3;1-2/h2-7H,1H2;5H,4H2,1-3H3;1-2H3. The van der Waals surface area contributed by atoms with E-state index >= 15 is 0 Å². The molecule has 14 heavy (non-hydrogen) atoms. The predicted octanol–water partition coefficient (Wildman–Crippen LogP) is 4.21. The van der Waals surface area contributed by atoms with Crippen LogP contribution in [-0.4, -0.2) is 0 Å². The maximum absolute atomic E-state index is 2.22. The van der Waals surface area contributed by atoms with Gasteiger partial charge in [0.05, 0.1) is 0 Å². The molecule has 5 aliphatic rings. The minimum atomic E-state index is 0.884. The number of hydrogen-bond donors (Lipinski definition) is 0. The van der Waals surface area contributed by atoms with E-state index in [9.17, 15) is 0 Å². The fourth-order valence-corrected chi connectivity index (χ4v) is 3.82. The summed E-state index contributed by atoms with van der Waals surface area (Å²) < 4.78 is 0. The monoisotopic (exact) mass is 194 g/mol. The molecule has 0 atom stereocenters. The molecule has 5 saturated carbocycles. The van der Waals surface area contributed by atoms with Gasteiger partial charge in [0.25, 0.3) is 0 Å². The van der Waals surface area contributed by atoms with Gasteiger partial charge in [-0.2, -0.15) is 0 Å².